The van der Waals surface area contributed by atoms with Crippen molar-refractivity contribution in [2.24, 2.45) is 0 Å². The average molecular weight is 230 g/mol. The standard InChI is InChI=1S/C13H10O4/c1-10-13(12(14)6-9-15-10)17-8-3-5-11-4-2-7-16-11/h2,4,6-7,9H,8H2,1H3. The summed E-state index contributed by atoms with van der Waals surface area (Å²) in [4.78, 5) is 11.4. The SMILES string of the molecule is Cc1occc(=O)c1OCC#Cc1ccco1. The first-order valence-electron chi connectivity index (χ1n) is 5.01. The molecule has 0 aromatic carbocycles. The Hall–Kier alpha value is -2.41. The molecule has 86 valence electrons. The summed E-state index contributed by atoms with van der Waals surface area (Å²) in [6.07, 6.45) is 2.87. The van der Waals surface area contributed by atoms with Crippen molar-refractivity contribution >= 4 is 0 Å². The maximum atomic E-state index is 11.4. The maximum absolute atomic E-state index is 11.4. The second-order valence-corrected chi connectivity index (χ2v) is 3.24. The van der Waals surface area contributed by atoms with Gasteiger partial charge in [-0.3, -0.25) is 4.79 Å². The van der Waals surface area contributed by atoms with E-state index >= 15 is 0 Å². The van der Waals surface area contributed by atoms with E-state index < -0.39 is 0 Å². The van der Waals surface area contributed by atoms with Gasteiger partial charge in [0.2, 0.25) is 11.2 Å². The van der Waals surface area contributed by atoms with Gasteiger partial charge in [0.05, 0.1) is 12.5 Å². The third kappa shape index (κ3) is 2.79. The Balaban J connectivity index is 2.01. The summed E-state index contributed by atoms with van der Waals surface area (Å²) in [7, 11) is 0. The molecule has 0 unspecified atom stereocenters. The van der Waals surface area contributed by atoms with E-state index in [-0.39, 0.29) is 17.8 Å². The highest BCUT2D eigenvalue weighted by molar-refractivity contribution is 5.26. The third-order valence-corrected chi connectivity index (χ3v) is 2.03. The molecule has 0 bridgehead atoms. The topological polar surface area (TPSA) is 52.6 Å². The molecule has 17 heavy (non-hydrogen) atoms. The molecule has 2 rings (SSSR count). The van der Waals surface area contributed by atoms with Crippen molar-refractivity contribution in [3.8, 4) is 17.6 Å². The molecule has 0 N–H and O–H groups in total. The summed E-state index contributed by atoms with van der Waals surface area (Å²) in [6, 6.07) is 4.80. The van der Waals surface area contributed by atoms with E-state index in [0.29, 0.717) is 11.5 Å². The monoisotopic (exact) mass is 230 g/mol. The minimum atomic E-state index is -0.214. The van der Waals surface area contributed by atoms with Crippen LogP contribution in [0.5, 0.6) is 5.75 Å². The lowest BCUT2D eigenvalue weighted by atomic mass is 10.4. The minimum Gasteiger partial charge on any atom is -0.473 e. The molecule has 0 aliphatic heterocycles. The average Bonchev–Trinajstić information content (AvgIpc) is 2.80. The van der Waals surface area contributed by atoms with E-state index in [0.717, 1.165) is 0 Å². The molecule has 2 heterocycles. The molecule has 2 aromatic rings. The van der Waals surface area contributed by atoms with Gasteiger partial charge in [0, 0.05) is 6.07 Å². The van der Waals surface area contributed by atoms with Crippen molar-refractivity contribution in [3.63, 3.8) is 0 Å². The summed E-state index contributed by atoms with van der Waals surface area (Å²) in [5.74, 6) is 6.70. The molecular weight excluding hydrogens is 220 g/mol. The largest absolute Gasteiger partial charge is 0.473 e. The fourth-order valence-electron chi connectivity index (χ4n) is 1.25. The van der Waals surface area contributed by atoms with E-state index in [1.54, 1.807) is 25.3 Å². The Kier molecular flexibility index (Phi) is 3.31. The molecule has 0 aliphatic rings. The summed E-state index contributed by atoms with van der Waals surface area (Å²) < 4.78 is 15.3. The highest BCUT2D eigenvalue weighted by atomic mass is 16.5. The van der Waals surface area contributed by atoms with Crippen LogP contribution >= 0.6 is 0 Å². The van der Waals surface area contributed by atoms with Gasteiger partial charge in [-0.05, 0) is 25.0 Å². The lowest BCUT2D eigenvalue weighted by molar-refractivity contribution is 0.341. The van der Waals surface area contributed by atoms with Crippen molar-refractivity contribution in [2.75, 3.05) is 6.61 Å². The van der Waals surface area contributed by atoms with E-state index in [4.69, 9.17) is 13.6 Å². The van der Waals surface area contributed by atoms with Crippen LogP contribution in [0.4, 0.5) is 0 Å². The Morgan fingerprint density at radius 2 is 2.18 bits per heavy atom. The maximum Gasteiger partial charge on any atom is 0.227 e. The summed E-state index contributed by atoms with van der Waals surface area (Å²) in [5, 5.41) is 0. The third-order valence-electron chi connectivity index (χ3n) is 2.03. The van der Waals surface area contributed by atoms with Crippen LogP contribution < -0.4 is 10.2 Å². The van der Waals surface area contributed by atoms with Crippen molar-refractivity contribution in [3.05, 3.63) is 52.5 Å². The molecule has 0 spiro atoms. The van der Waals surface area contributed by atoms with Crippen LogP contribution in [0.15, 0.2) is 44.4 Å². The van der Waals surface area contributed by atoms with E-state index in [2.05, 4.69) is 11.8 Å². The van der Waals surface area contributed by atoms with Crippen LogP contribution in [0.3, 0.4) is 0 Å². The van der Waals surface area contributed by atoms with Crippen molar-refractivity contribution < 1.29 is 13.6 Å². The summed E-state index contributed by atoms with van der Waals surface area (Å²) in [5.41, 5.74) is -0.214. The van der Waals surface area contributed by atoms with Crippen LogP contribution in [0.1, 0.15) is 11.5 Å². The zero-order chi connectivity index (χ0) is 12.1. The van der Waals surface area contributed by atoms with Crippen LogP contribution in [0, 0.1) is 18.8 Å². The smallest absolute Gasteiger partial charge is 0.227 e. The van der Waals surface area contributed by atoms with Crippen molar-refractivity contribution in [1.29, 1.82) is 0 Å². The van der Waals surface area contributed by atoms with E-state index in [1.165, 1.54) is 12.3 Å². The van der Waals surface area contributed by atoms with E-state index in [9.17, 15) is 4.79 Å². The van der Waals surface area contributed by atoms with Gasteiger partial charge in [-0.1, -0.05) is 5.92 Å². The molecule has 0 aliphatic carbocycles. The highest BCUT2D eigenvalue weighted by Crippen LogP contribution is 2.09. The molecular formula is C13H10O4. The van der Waals surface area contributed by atoms with Crippen LogP contribution in [0.2, 0.25) is 0 Å². The lowest BCUT2D eigenvalue weighted by Crippen LogP contribution is -2.08. The first kappa shape index (κ1) is 11.1. The number of rotatable bonds is 2. The summed E-state index contributed by atoms with van der Waals surface area (Å²) >= 11 is 0. The van der Waals surface area contributed by atoms with Crippen molar-refractivity contribution in [1.82, 2.24) is 0 Å². The zero-order valence-electron chi connectivity index (χ0n) is 9.23. The molecule has 0 saturated carbocycles. The van der Waals surface area contributed by atoms with Gasteiger partial charge in [0.15, 0.2) is 5.76 Å². The highest BCUT2D eigenvalue weighted by Gasteiger charge is 2.04. The van der Waals surface area contributed by atoms with Crippen LogP contribution in [-0.4, -0.2) is 6.61 Å². The molecule has 0 amide bonds. The van der Waals surface area contributed by atoms with Gasteiger partial charge in [0.25, 0.3) is 0 Å². The first-order valence-corrected chi connectivity index (χ1v) is 5.01. The number of furan rings is 1. The second-order valence-electron chi connectivity index (χ2n) is 3.24. The minimum absolute atomic E-state index is 0.107. The predicted molar refractivity (Wildman–Crippen MR) is 60.8 cm³/mol. The lowest BCUT2D eigenvalue weighted by Gasteiger charge is -2.02. The molecule has 0 atom stereocenters. The Morgan fingerprint density at radius 1 is 1.29 bits per heavy atom. The molecule has 2 aromatic heterocycles. The zero-order valence-corrected chi connectivity index (χ0v) is 9.23. The van der Waals surface area contributed by atoms with Gasteiger partial charge in [0.1, 0.15) is 12.4 Å². The van der Waals surface area contributed by atoms with Gasteiger partial charge in [-0.2, -0.15) is 0 Å². The Morgan fingerprint density at radius 3 is 2.88 bits per heavy atom. The van der Waals surface area contributed by atoms with Crippen LogP contribution in [-0.2, 0) is 0 Å². The van der Waals surface area contributed by atoms with Gasteiger partial charge in [-0.25, -0.2) is 0 Å². The first-order chi connectivity index (χ1) is 8.27. The van der Waals surface area contributed by atoms with Gasteiger partial charge in [-0.15, -0.1) is 0 Å². The van der Waals surface area contributed by atoms with E-state index in [1.807, 2.05) is 0 Å². The number of hydrogen-bond donors (Lipinski definition) is 0. The molecule has 0 saturated heterocycles. The number of ether oxygens (including phenoxy) is 1. The quantitative estimate of drug-likeness (QED) is 0.740. The Labute approximate surface area is 97.8 Å². The second kappa shape index (κ2) is 5.08. The normalized spacial score (nSPS) is 9.47. The molecule has 0 radical (unpaired) electrons. The van der Waals surface area contributed by atoms with Crippen molar-refractivity contribution in [2.45, 2.75) is 6.92 Å². The fraction of sp³-hybridized carbons (Fsp3) is 0.154. The molecule has 4 heteroatoms. The Bertz CT molecular complexity index is 596. The molecule has 0 fully saturated rings. The predicted octanol–water partition coefficient (Wildman–Crippen LogP) is 1.97. The van der Waals surface area contributed by atoms with Crippen LogP contribution in [0.25, 0.3) is 0 Å². The molecule has 4 nitrogen and oxygen atoms in total. The number of hydrogen-bond acceptors (Lipinski definition) is 4. The summed E-state index contributed by atoms with van der Waals surface area (Å²) in [6.45, 7) is 1.77. The van der Waals surface area contributed by atoms with Gasteiger partial charge < -0.3 is 13.6 Å². The number of aryl methyl sites for hydroxylation is 1. The van der Waals surface area contributed by atoms with Gasteiger partial charge >= 0.3 is 0 Å². The fourth-order valence-corrected chi connectivity index (χ4v) is 1.25.